The van der Waals surface area contributed by atoms with Crippen LogP contribution in [0.3, 0.4) is 0 Å². The first-order chi connectivity index (χ1) is 5.27. The second kappa shape index (κ2) is 3.34. The van der Waals surface area contributed by atoms with Crippen LogP contribution in [0.2, 0.25) is 0 Å². The van der Waals surface area contributed by atoms with Crippen molar-refractivity contribution in [2.75, 3.05) is 0 Å². The summed E-state index contributed by atoms with van der Waals surface area (Å²) in [6.45, 7) is 2.01. The maximum Gasteiger partial charge on any atom is 0.124 e. The Bertz CT molecular complexity index is 224. The summed E-state index contributed by atoms with van der Waals surface area (Å²) >= 11 is 0. The van der Waals surface area contributed by atoms with E-state index < -0.39 is 0 Å². The molecule has 2 heteroatoms. The Morgan fingerprint density at radius 2 is 2.55 bits per heavy atom. The van der Waals surface area contributed by atoms with Crippen LogP contribution in [0, 0.1) is 23.2 Å². The van der Waals surface area contributed by atoms with E-state index in [0.717, 1.165) is 19.1 Å². The highest BCUT2D eigenvalue weighted by Crippen LogP contribution is 2.27. The highest BCUT2D eigenvalue weighted by atomic mass is 16.1. The number of allylic oxidation sites excluding steroid dienone is 2. The maximum atomic E-state index is 10.5. The fourth-order valence-electron chi connectivity index (χ4n) is 1.37. The zero-order valence-electron chi connectivity index (χ0n) is 6.58. The van der Waals surface area contributed by atoms with Gasteiger partial charge in [0.15, 0.2) is 0 Å². The van der Waals surface area contributed by atoms with E-state index in [4.69, 9.17) is 5.26 Å². The summed E-state index contributed by atoms with van der Waals surface area (Å²) in [5.41, 5.74) is 1.23. The van der Waals surface area contributed by atoms with Crippen molar-refractivity contribution in [1.29, 1.82) is 5.26 Å². The van der Waals surface area contributed by atoms with Crippen molar-refractivity contribution >= 4 is 6.29 Å². The van der Waals surface area contributed by atoms with E-state index in [1.807, 2.05) is 13.0 Å². The number of nitriles is 1. The van der Waals surface area contributed by atoms with E-state index in [2.05, 4.69) is 6.07 Å². The number of aldehydes is 1. The third kappa shape index (κ3) is 1.68. The van der Waals surface area contributed by atoms with Crippen LogP contribution in [-0.2, 0) is 4.79 Å². The fourth-order valence-corrected chi connectivity index (χ4v) is 1.37. The Kier molecular flexibility index (Phi) is 2.43. The van der Waals surface area contributed by atoms with E-state index in [1.54, 1.807) is 0 Å². The molecule has 0 aromatic carbocycles. The highest BCUT2D eigenvalue weighted by Gasteiger charge is 2.23. The second-order valence-corrected chi connectivity index (χ2v) is 3.03. The molecular formula is C9H11NO. The standard InChI is InChI=1S/C9H11NO/c1-7-2-3-8(6-11)9(4-7)5-10/h2,6,8-9H,3-4H2,1H3. The minimum absolute atomic E-state index is 0.0660. The number of rotatable bonds is 1. The molecule has 0 saturated carbocycles. The topological polar surface area (TPSA) is 40.9 Å². The van der Waals surface area contributed by atoms with Gasteiger partial charge in [0, 0.05) is 5.92 Å². The van der Waals surface area contributed by atoms with Gasteiger partial charge in [-0.25, -0.2) is 0 Å². The fraction of sp³-hybridized carbons (Fsp3) is 0.556. The van der Waals surface area contributed by atoms with Crippen molar-refractivity contribution in [3.05, 3.63) is 11.6 Å². The zero-order valence-corrected chi connectivity index (χ0v) is 6.58. The van der Waals surface area contributed by atoms with Crippen LogP contribution in [-0.4, -0.2) is 6.29 Å². The van der Waals surface area contributed by atoms with Gasteiger partial charge in [0.05, 0.1) is 12.0 Å². The molecule has 1 rings (SSSR count). The van der Waals surface area contributed by atoms with Gasteiger partial charge >= 0.3 is 0 Å². The largest absolute Gasteiger partial charge is 0.303 e. The predicted molar refractivity (Wildman–Crippen MR) is 41.6 cm³/mol. The van der Waals surface area contributed by atoms with Gasteiger partial charge in [-0.3, -0.25) is 0 Å². The molecule has 0 bridgehead atoms. The predicted octanol–water partition coefficient (Wildman–Crippen LogP) is 1.68. The Hall–Kier alpha value is -1.10. The van der Waals surface area contributed by atoms with Crippen LogP contribution in [0.25, 0.3) is 0 Å². The van der Waals surface area contributed by atoms with Crippen molar-refractivity contribution in [2.45, 2.75) is 19.8 Å². The van der Waals surface area contributed by atoms with E-state index in [1.165, 1.54) is 5.57 Å². The smallest absolute Gasteiger partial charge is 0.124 e. The summed E-state index contributed by atoms with van der Waals surface area (Å²) in [6, 6.07) is 2.16. The Labute approximate surface area is 66.5 Å². The molecular weight excluding hydrogens is 138 g/mol. The van der Waals surface area contributed by atoms with Crippen LogP contribution in [0.5, 0.6) is 0 Å². The van der Waals surface area contributed by atoms with Gasteiger partial charge in [0.2, 0.25) is 0 Å². The first-order valence-corrected chi connectivity index (χ1v) is 3.78. The number of hydrogen-bond donors (Lipinski definition) is 0. The molecule has 2 unspecified atom stereocenters. The van der Waals surface area contributed by atoms with Gasteiger partial charge in [-0.1, -0.05) is 11.6 Å². The molecule has 0 N–H and O–H groups in total. The van der Waals surface area contributed by atoms with E-state index in [9.17, 15) is 4.79 Å². The van der Waals surface area contributed by atoms with Gasteiger partial charge in [-0.2, -0.15) is 5.26 Å². The number of carbonyl (C=O) groups is 1. The lowest BCUT2D eigenvalue weighted by Gasteiger charge is -2.20. The summed E-state index contributed by atoms with van der Waals surface area (Å²) in [4.78, 5) is 10.5. The van der Waals surface area contributed by atoms with Gasteiger partial charge in [0.1, 0.15) is 6.29 Å². The van der Waals surface area contributed by atoms with Crippen LogP contribution >= 0.6 is 0 Å². The number of hydrogen-bond acceptors (Lipinski definition) is 2. The Balaban J connectivity index is 2.71. The van der Waals surface area contributed by atoms with Gasteiger partial charge < -0.3 is 4.79 Å². The van der Waals surface area contributed by atoms with Crippen molar-refractivity contribution in [2.24, 2.45) is 11.8 Å². The Morgan fingerprint density at radius 1 is 1.82 bits per heavy atom. The molecule has 0 spiro atoms. The monoisotopic (exact) mass is 149 g/mol. The van der Waals surface area contributed by atoms with E-state index in [0.29, 0.717) is 0 Å². The Morgan fingerprint density at radius 3 is 3.09 bits per heavy atom. The molecule has 2 atom stereocenters. The number of carbonyl (C=O) groups excluding carboxylic acids is 1. The first-order valence-electron chi connectivity index (χ1n) is 3.78. The van der Waals surface area contributed by atoms with Crippen molar-refractivity contribution in [1.82, 2.24) is 0 Å². The quantitative estimate of drug-likeness (QED) is 0.420. The molecule has 0 aliphatic heterocycles. The van der Waals surface area contributed by atoms with Gasteiger partial charge in [0.25, 0.3) is 0 Å². The molecule has 11 heavy (non-hydrogen) atoms. The summed E-state index contributed by atoms with van der Waals surface area (Å²) in [7, 11) is 0. The summed E-state index contributed by atoms with van der Waals surface area (Å²) in [5.74, 6) is -0.152. The number of nitrogens with zero attached hydrogens (tertiary/aromatic N) is 1. The van der Waals surface area contributed by atoms with E-state index >= 15 is 0 Å². The lowest BCUT2D eigenvalue weighted by Crippen LogP contribution is -2.17. The second-order valence-electron chi connectivity index (χ2n) is 3.03. The molecule has 0 amide bonds. The lowest BCUT2D eigenvalue weighted by atomic mass is 9.82. The third-order valence-electron chi connectivity index (χ3n) is 2.14. The SMILES string of the molecule is CC1=CCC(C=O)C(C#N)C1. The van der Waals surface area contributed by atoms with E-state index in [-0.39, 0.29) is 11.8 Å². The summed E-state index contributed by atoms with van der Waals surface area (Å²) in [6.07, 6.45) is 4.46. The lowest BCUT2D eigenvalue weighted by molar-refractivity contribution is -0.112. The molecule has 0 aromatic rings. The summed E-state index contributed by atoms with van der Waals surface area (Å²) in [5, 5.41) is 8.67. The minimum atomic E-state index is -0.0856. The molecule has 0 aromatic heterocycles. The average Bonchev–Trinajstić information content (AvgIpc) is 2.04. The molecule has 0 heterocycles. The van der Waals surface area contributed by atoms with Gasteiger partial charge in [-0.15, -0.1) is 0 Å². The molecule has 2 nitrogen and oxygen atoms in total. The first kappa shape index (κ1) is 8.00. The van der Waals surface area contributed by atoms with Gasteiger partial charge in [-0.05, 0) is 19.8 Å². The van der Waals surface area contributed by atoms with Crippen LogP contribution in [0.1, 0.15) is 19.8 Å². The highest BCUT2D eigenvalue weighted by molar-refractivity contribution is 5.56. The average molecular weight is 149 g/mol. The molecule has 0 saturated heterocycles. The minimum Gasteiger partial charge on any atom is -0.303 e. The molecule has 0 fully saturated rings. The molecule has 58 valence electrons. The molecule has 0 radical (unpaired) electrons. The third-order valence-corrected chi connectivity index (χ3v) is 2.14. The van der Waals surface area contributed by atoms with Crippen LogP contribution in [0.15, 0.2) is 11.6 Å². The molecule has 1 aliphatic rings. The molecule has 1 aliphatic carbocycles. The van der Waals surface area contributed by atoms with Crippen molar-refractivity contribution < 1.29 is 4.79 Å². The van der Waals surface area contributed by atoms with Crippen molar-refractivity contribution in [3.8, 4) is 6.07 Å². The van der Waals surface area contributed by atoms with Crippen LogP contribution < -0.4 is 0 Å². The normalized spacial score (nSPS) is 30.4. The van der Waals surface area contributed by atoms with Crippen LogP contribution in [0.4, 0.5) is 0 Å². The summed E-state index contributed by atoms with van der Waals surface area (Å²) < 4.78 is 0. The zero-order chi connectivity index (χ0) is 8.27. The van der Waals surface area contributed by atoms with Crippen molar-refractivity contribution in [3.63, 3.8) is 0 Å². The maximum absolute atomic E-state index is 10.5.